The Balaban J connectivity index is 0.00000192. The van der Waals surface area contributed by atoms with Gasteiger partial charge in [-0.15, -0.1) is 12.4 Å². The largest absolute Gasteiger partial charge is 0.493 e. The topological polar surface area (TPSA) is 55.6 Å². The third kappa shape index (κ3) is 4.39. The van der Waals surface area contributed by atoms with Gasteiger partial charge in [0.05, 0.1) is 6.61 Å². The zero-order valence-corrected chi connectivity index (χ0v) is 14.8. The van der Waals surface area contributed by atoms with E-state index in [1.165, 1.54) is 12.8 Å². The van der Waals surface area contributed by atoms with Gasteiger partial charge in [-0.3, -0.25) is 4.79 Å². The highest BCUT2D eigenvalue weighted by atomic mass is 35.5. The standard InChI is InChI=1S/C18H26N2O2.ClH/c1-18(2)12-20(10-9-16(18)19)17(21)14-5-7-15(8-6-14)22-11-13-3-4-13;/h5-8,13,16H,3-4,9-12,19H2,1-2H3;1H. The van der Waals surface area contributed by atoms with Gasteiger partial charge in [-0.2, -0.15) is 0 Å². The van der Waals surface area contributed by atoms with Crippen LogP contribution < -0.4 is 10.5 Å². The Hall–Kier alpha value is -1.26. The molecule has 1 saturated carbocycles. The van der Waals surface area contributed by atoms with Gasteiger partial charge in [-0.1, -0.05) is 13.8 Å². The number of ether oxygens (including phenoxy) is 1. The normalized spacial score (nSPS) is 23.1. The highest BCUT2D eigenvalue weighted by molar-refractivity contribution is 5.94. The maximum Gasteiger partial charge on any atom is 0.253 e. The first-order valence-electron chi connectivity index (χ1n) is 8.23. The minimum Gasteiger partial charge on any atom is -0.493 e. The number of likely N-dealkylation sites (tertiary alicyclic amines) is 1. The van der Waals surface area contributed by atoms with Crippen molar-refractivity contribution in [2.45, 2.75) is 39.2 Å². The van der Waals surface area contributed by atoms with Crippen molar-refractivity contribution >= 4 is 18.3 Å². The Morgan fingerprint density at radius 1 is 1.26 bits per heavy atom. The van der Waals surface area contributed by atoms with Crippen molar-refractivity contribution < 1.29 is 9.53 Å². The fraction of sp³-hybridized carbons (Fsp3) is 0.611. The number of carbonyl (C=O) groups is 1. The van der Waals surface area contributed by atoms with Crippen molar-refractivity contribution in [3.8, 4) is 5.75 Å². The summed E-state index contributed by atoms with van der Waals surface area (Å²) < 4.78 is 5.72. The molecule has 4 nitrogen and oxygen atoms in total. The smallest absolute Gasteiger partial charge is 0.253 e. The van der Waals surface area contributed by atoms with E-state index >= 15 is 0 Å². The maximum absolute atomic E-state index is 12.6. The lowest BCUT2D eigenvalue weighted by Crippen LogP contribution is -2.53. The number of piperidine rings is 1. The average molecular weight is 339 g/mol. The zero-order chi connectivity index (χ0) is 15.7. The maximum atomic E-state index is 12.6. The van der Waals surface area contributed by atoms with Crippen molar-refractivity contribution in [1.29, 1.82) is 0 Å². The lowest BCUT2D eigenvalue weighted by atomic mass is 9.79. The molecule has 0 bridgehead atoms. The molecule has 1 amide bonds. The first-order valence-corrected chi connectivity index (χ1v) is 8.23. The number of amides is 1. The lowest BCUT2D eigenvalue weighted by Gasteiger charge is -2.42. The van der Waals surface area contributed by atoms with Crippen molar-refractivity contribution in [2.24, 2.45) is 17.1 Å². The second kappa shape index (κ2) is 7.10. The first kappa shape index (κ1) is 18.1. The van der Waals surface area contributed by atoms with Crippen LogP contribution in [0.3, 0.4) is 0 Å². The molecule has 2 aliphatic rings. The molecule has 3 rings (SSSR count). The Kier molecular flexibility index (Phi) is 5.58. The number of carbonyl (C=O) groups excluding carboxylic acids is 1. The molecule has 1 aromatic rings. The van der Waals surface area contributed by atoms with Gasteiger partial charge in [0.15, 0.2) is 0 Å². The number of hydrogen-bond acceptors (Lipinski definition) is 3. The van der Waals surface area contributed by atoms with E-state index in [9.17, 15) is 4.79 Å². The van der Waals surface area contributed by atoms with Crippen LogP contribution in [0, 0.1) is 11.3 Å². The fourth-order valence-corrected chi connectivity index (χ4v) is 2.92. The Morgan fingerprint density at radius 2 is 1.91 bits per heavy atom. The minimum absolute atomic E-state index is 0. The molecule has 0 aromatic heterocycles. The highest BCUT2D eigenvalue weighted by Crippen LogP contribution is 2.30. The fourth-order valence-electron chi connectivity index (χ4n) is 2.92. The molecular weight excluding hydrogens is 312 g/mol. The van der Waals surface area contributed by atoms with Crippen molar-refractivity contribution in [2.75, 3.05) is 19.7 Å². The van der Waals surface area contributed by atoms with Crippen molar-refractivity contribution in [3.63, 3.8) is 0 Å². The monoisotopic (exact) mass is 338 g/mol. The van der Waals surface area contributed by atoms with Gasteiger partial charge < -0.3 is 15.4 Å². The summed E-state index contributed by atoms with van der Waals surface area (Å²) in [6, 6.07) is 7.69. The number of hydrogen-bond donors (Lipinski definition) is 1. The second-order valence-corrected chi connectivity index (χ2v) is 7.39. The Morgan fingerprint density at radius 3 is 2.48 bits per heavy atom. The van der Waals surface area contributed by atoms with Crippen LogP contribution in [0.1, 0.15) is 43.5 Å². The van der Waals surface area contributed by atoms with Crippen LogP contribution in [-0.2, 0) is 0 Å². The van der Waals surface area contributed by atoms with Crippen LogP contribution in [0.25, 0.3) is 0 Å². The van der Waals surface area contributed by atoms with Crippen LogP contribution in [0.2, 0.25) is 0 Å². The predicted molar refractivity (Wildman–Crippen MR) is 94.2 cm³/mol. The van der Waals surface area contributed by atoms with E-state index in [0.717, 1.165) is 36.8 Å². The molecule has 1 aliphatic heterocycles. The number of nitrogens with zero attached hydrogens (tertiary/aromatic N) is 1. The van der Waals surface area contributed by atoms with Crippen molar-refractivity contribution in [3.05, 3.63) is 29.8 Å². The molecule has 1 atom stereocenters. The zero-order valence-electron chi connectivity index (χ0n) is 14.0. The van der Waals surface area contributed by atoms with Gasteiger partial charge >= 0.3 is 0 Å². The summed E-state index contributed by atoms with van der Waals surface area (Å²) in [6.45, 7) is 6.51. The summed E-state index contributed by atoms with van der Waals surface area (Å²) in [5.41, 5.74) is 6.84. The molecule has 1 aromatic carbocycles. The summed E-state index contributed by atoms with van der Waals surface area (Å²) in [4.78, 5) is 14.5. The van der Waals surface area contributed by atoms with Gasteiger partial charge in [0.2, 0.25) is 0 Å². The van der Waals surface area contributed by atoms with E-state index in [-0.39, 0.29) is 29.8 Å². The number of rotatable bonds is 4. The summed E-state index contributed by atoms with van der Waals surface area (Å²) in [5, 5.41) is 0. The molecule has 1 unspecified atom stereocenters. The summed E-state index contributed by atoms with van der Waals surface area (Å²) in [5.74, 6) is 1.68. The van der Waals surface area contributed by atoms with E-state index in [2.05, 4.69) is 13.8 Å². The second-order valence-electron chi connectivity index (χ2n) is 7.39. The third-order valence-electron chi connectivity index (χ3n) is 4.88. The van der Waals surface area contributed by atoms with E-state index in [1.54, 1.807) is 0 Å². The SMILES string of the molecule is CC1(C)CN(C(=O)c2ccc(OCC3CC3)cc2)CCC1N.Cl. The third-order valence-corrected chi connectivity index (χ3v) is 4.88. The van der Waals surface area contributed by atoms with Gasteiger partial charge in [-0.25, -0.2) is 0 Å². The van der Waals surface area contributed by atoms with Crippen LogP contribution in [-0.4, -0.2) is 36.5 Å². The number of nitrogens with two attached hydrogens (primary N) is 1. The average Bonchev–Trinajstić information content (AvgIpc) is 3.32. The van der Waals surface area contributed by atoms with Crippen LogP contribution in [0.5, 0.6) is 5.75 Å². The summed E-state index contributed by atoms with van der Waals surface area (Å²) in [6.07, 6.45) is 3.42. The van der Waals surface area contributed by atoms with E-state index in [1.807, 2.05) is 29.2 Å². The minimum atomic E-state index is -0.0266. The quantitative estimate of drug-likeness (QED) is 0.917. The summed E-state index contributed by atoms with van der Waals surface area (Å²) >= 11 is 0. The molecule has 1 heterocycles. The molecule has 5 heteroatoms. The highest BCUT2D eigenvalue weighted by Gasteiger charge is 2.35. The predicted octanol–water partition coefficient (Wildman–Crippen LogP) is 3.10. The molecule has 23 heavy (non-hydrogen) atoms. The van der Waals surface area contributed by atoms with E-state index in [0.29, 0.717) is 6.54 Å². The lowest BCUT2D eigenvalue weighted by molar-refractivity contribution is 0.0533. The molecule has 128 valence electrons. The van der Waals surface area contributed by atoms with Gasteiger partial charge in [0.1, 0.15) is 5.75 Å². The van der Waals surface area contributed by atoms with Gasteiger partial charge in [0, 0.05) is 24.7 Å². The molecule has 0 spiro atoms. The molecule has 1 aliphatic carbocycles. The number of halogens is 1. The van der Waals surface area contributed by atoms with E-state index < -0.39 is 0 Å². The summed E-state index contributed by atoms with van der Waals surface area (Å²) in [7, 11) is 0. The molecule has 2 fully saturated rings. The van der Waals surface area contributed by atoms with Crippen LogP contribution in [0.15, 0.2) is 24.3 Å². The van der Waals surface area contributed by atoms with Crippen LogP contribution >= 0.6 is 12.4 Å². The van der Waals surface area contributed by atoms with E-state index in [4.69, 9.17) is 10.5 Å². The van der Waals surface area contributed by atoms with Gasteiger partial charge in [0.25, 0.3) is 5.91 Å². The Labute approximate surface area is 144 Å². The number of benzene rings is 1. The van der Waals surface area contributed by atoms with Gasteiger partial charge in [-0.05, 0) is 54.9 Å². The van der Waals surface area contributed by atoms with Crippen LogP contribution in [0.4, 0.5) is 0 Å². The Bertz CT molecular complexity index is 540. The first-order chi connectivity index (χ1) is 10.5. The molecule has 0 radical (unpaired) electrons. The molecule has 1 saturated heterocycles. The molecule has 2 N–H and O–H groups in total. The molecular formula is C18H27ClN2O2. The van der Waals surface area contributed by atoms with Crippen molar-refractivity contribution in [1.82, 2.24) is 4.90 Å².